The number of carbonyl (C=O) groups excluding carboxylic acids is 1. The molecule has 28 heavy (non-hydrogen) atoms. The van der Waals surface area contributed by atoms with Crippen LogP contribution in [0.2, 0.25) is 0 Å². The van der Waals surface area contributed by atoms with Crippen LogP contribution in [0, 0.1) is 25.7 Å². The molecule has 1 aliphatic rings. The van der Waals surface area contributed by atoms with Crippen molar-refractivity contribution in [3.05, 3.63) is 41.3 Å². The van der Waals surface area contributed by atoms with Crippen molar-refractivity contribution in [1.29, 1.82) is 0 Å². The zero-order valence-electron chi connectivity index (χ0n) is 17.2. The standard InChI is InChI=1S/C22H30N2O3S/c1-14-9-7-11-19(16(14)3)23-21(25)13-28(26)12-20-17(4)27-22(24-20)18-10-6-5-8-15(18)2/h5-6,8,10,14,16,19H,7,9,11-13H2,1-4H3,(H,23,25). The molecule has 1 amide bonds. The summed E-state index contributed by atoms with van der Waals surface area (Å²) in [4.78, 5) is 16.9. The summed E-state index contributed by atoms with van der Waals surface area (Å²) in [7, 11) is -1.32. The average Bonchev–Trinajstić information content (AvgIpc) is 2.99. The first-order chi connectivity index (χ1) is 13.3. The zero-order chi connectivity index (χ0) is 20.3. The van der Waals surface area contributed by atoms with Gasteiger partial charge in [-0.3, -0.25) is 9.00 Å². The molecule has 5 nitrogen and oxygen atoms in total. The highest BCUT2D eigenvalue weighted by Crippen LogP contribution is 2.29. The SMILES string of the molecule is Cc1ccccc1-c1nc(CS(=O)CC(=O)NC2CCCC(C)C2C)c(C)o1. The van der Waals surface area contributed by atoms with E-state index < -0.39 is 10.8 Å². The molecule has 1 aliphatic carbocycles. The first-order valence-electron chi connectivity index (χ1n) is 10.0. The molecule has 3 rings (SSSR count). The summed E-state index contributed by atoms with van der Waals surface area (Å²) in [5, 5.41) is 3.09. The minimum atomic E-state index is -1.32. The lowest BCUT2D eigenvalue weighted by Gasteiger charge is -2.34. The van der Waals surface area contributed by atoms with Crippen LogP contribution in [0.4, 0.5) is 0 Å². The molecule has 0 bridgehead atoms. The first-order valence-corrected chi connectivity index (χ1v) is 11.5. The van der Waals surface area contributed by atoms with Crippen LogP contribution in [0.5, 0.6) is 0 Å². The van der Waals surface area contributed by atoms with Crippen molar-refractivity contribution in [1.82, 2.24) is 10.3 Å². The van der Waals surface area contributed by atoms with Gasteiger partial charge in [0.05, 0.1) is 11.4 Å². The summed E-state index contributed by atoms with van der Waals surface area (Å²) in [6.45, 7) is 8.26. The van der Waals surface area contributed by atoms with Gasteiger partial charge >= 0.3 is 0 Å². The molecule has 1 aromatic carbocycles. The Morgan fingerprint density at radius 3 is 2.75 bits per heavy atom. The lowest BCUT2D eigenvalue weighted by atomic mass is 9.78. The molecule has 0 spiro atoms. The Morgan fingerprint density at radius 2 is 2.00 bits per heavy atom. The number of aryl methyl sites for hydroxylation is 2. The highest BCUT2D eigenvalue weighted by molar-refractivity contribution is 7.84. The normalized spacial score (nSPS) is 23.4. The lowest BCUT2D eigenvalue weighted by molar-refractivity contribution is -0.120. The lowest BCUT2D eigenvalue weighted by Crippen LogP contribution is -2.45. The summed E-state index contributed by atoms with van der Waals surface area (Å²) < 4.78 is 18.3. The topological polar surface area (TPSA) is 72.2 Å². The van der Waals surface area contributed by atoms with E-state index in [1.807, 2.05) is 38.1 Å². The van der Waals surface area contributed by atoms with E-state index in [0.717, 1.165) is 24.0 Å². The molecule has 1 saturated carbocycles. The molecule has 1 heterocycles. The smallest absolute Gasteiger partial charge is 0.232 e. The van der Waals surface area contributed by atoms with Crippen LogP contribution < -0.4 is 5.32 Å². The summed E-state index contributed by atoms with van der Waals surface area (Å²) in [5.74, 6) is 2.36. The van der Waals surface area contributed by atoms with Crippen molar-refractivity contribution in [3.8, 4) is 11.5 Å². The quantitative estimate of drug-likeness (QED) is 0.788. The molecule has 6 heteroatoms. The van der Waals surface area contributed by atoms with E-state index in [4.69, 9.17) is 4.42 Å². The van der Waals surface area contributed by atoms with Gasteiger partial charge in [0, 0.05) is 22.4 Å². The molecule has 4 atom stereocenters. The van der Waals surface area contributed by atoms with Crippen molar-refractivity contribution in [2.75, 3.05) is 5.75 Å². The predicted molar refractivity (Wildman–Crippen MR) is 112 cm³/mol. The van der Waals surface area contributed by atoms with Crippen LogP contribution in [0.1, 0.15) is 50.1 Å². The molecule has 4 unspecified atom stereocenters. The Morgan fingerprint density at radius 1 is 1.25 bits per heavy atom. The van der Waals surface area contributed by atoms with Crippen LogP contribution >= 0.6 is 0 Å². The second kappa shape index (κ2) is 9.03. The number of benzene rings is 1. The van der Waals surface area contributed by atoms with E-state index in [1.165, 1.54) is 6.42 Å². The van der Waals surface area contributed by atoms with Crippen LogP contribution in [0.15, 0.2) is 28.7 Å². The second-order valence-corrected chi connectivity index (χ2v) is 9.46. The molecule has 0 saturated heterocycles. The van der Waals surface area contributed by atoms with E-state index in [9.17, 15) is 9.00 Å². The maximum atomic E-state index is 12.5. The summed E-state index contributed by atoms with van der Waals surface area (Å²) >= 11 is 0. The summed E-state index contributed by atoms with van der Waals surface area (Å²) in [5.41, 5.74) is 2.66. The van der Waals surface area contributed by atoms with E-state index in [2.05, 4.69) is 24.1 Å². The Labute approximate surface area is 169 Å². The van der Waals surface area contributed by atoms with Crippen molar-refractivity contribution >= 4 is 16.7 Å². The highest BCUT2D eigenvalue weighted by Gasteiger charge is 2.28. The Kier molecular flexibility index (Phi) is 6.70. The van der Waals surface area contributed by atoms with Crippen molar-refractivity contribution in [2.45, 2.75) is 58.8 Å². The molecule has 2 aromatic rings. The molecular formula is C22H30N2O3S. The zero-order valence-corrected chi connectivity index (χ0v) is 18.0. The fourth-order valence-corrected chi connectivity index (χ4v) is 4.92. The van der Waals surface area contributed by atoms with Gasteiger partial charge in [0.15, 0.2) is 0 Å². The number of hydrogen-bond acceptors (Lipinski definition) is 4. The van der Waals surface area contributed by atoms with Gasteiger partial charge in [0.1, 0.15) is 11.5 Å². The first kappa shape index (κ1) is 20.8. The monoisotopic (exact) mass is 402 g/mol. The van der Waals surface area contributed by atoms with Crippen molar-refractivity contribution < 1.29 is 13.4 Å². The number of nitrogens with one attached hydrogen (secondary N) is 1. The number of rotatable bonds is 6. The average molecular weight is 403 g/mol. The second-order valence-electron chi connectivity index (χ2n) is 8.01. The van der Waals surface area contributed by atoms with Crippen LogP contribution in [0.3, 0.4) is 0 Å². The molecule has 152 valence electrons. The molecular weight excluding hydrogens is 372 g/mol. The third kappa shape index (κ3) is 4.90. The fourth-order valence-electron chi connectivity index (χ4n) is 3.87. The third-order valence-electron chi connectivity index (χ3n) is 5.91. The summed E-state index contributed by atoms with van der Waals surface area (Å²) in [6.07, 6.45) is 3.36. The van der Waals surface area contributed by atoms with E-state index in [1.54, 1.807) is 0 Å². The van der Waals surface area contributed by atoms with E-state index >= 15 is 0 Å². The van der Waals surface area contributed by atoms with Gasteiger partial charge in [-0.15, -0.1) is 0 Å². The molecule has 1 fully saturated rings. The number of nitrogens with zero attached hydrogens (tertiary/aromatic N) is 1. The Balaban J connectivity index is 1.59. The van der Waals surface area contributed by atoms with Gasteiger partial charge in [-0.05, 0) is 43.7 Å². The Hall–Kier alpha value is -1.95. The number of aromatic nitrogens is 1. The van der Waals surface area contributed by atoms with Gasteiger partial charge in [-0.25, -0.2) is 4.98 Å². The van der Waals surface area contributed by atoms with Crippen molar-refractivity contribution in [3.63, 3.8) is 0 Å². The highest BCUT2D eigenvalue weighted by atomic mass is 32.2. The van der Waals surface area contributed by atoms with Crippen LogP contribution in [0.25, 0.3) is 11.5 Å². The van der Waals surface area contributed by atoms with Gasteiger partial charge in [0.25, 0.3) is 0 Å². The van der Waals surface area contributed by atoms with Crippen LogP contribution in [-0.2, 0) is 21.3 Å². The largest absolute Gasteiger partial charge is 0.441 e. The maximum absolute atomic E-state index is 12.5. The third-order valence-corrected chi connectivity index (χ3v) is 7.09. The summed E-state index contributed by atoms with van der Waals surface area (Å²) in [6, 6.07) is 8.06. The molecule has 0 aliphatic heterocycles. The van der Waals surface area contributed by atoms with Crippen LogP contribution in [-0.4, -0.2) is 26.9 Å². The van der Waals surface area contributed by atoms with E-state index in [0.29, 0.717) is 29.2 Å². The number of hydrogen-bond donors (Lipinski definition) is 1. The number of carbonyl (C=O) groups is 1. The molecule has 1 N–H and O–H groups in total. The maximum Gasteiger partial charge on any atom is 0.232 e. The Bertz CT molecular complexity index is 861. The minimum Gasteiger partial charge on any atom is -0.441 e. The molecule has 1 aromatic heterocycles. The van der Waals surface area contributed by atoms with Gasteiger partial charge < -0.3 is 9.73 Å². The van der Waals surface area contributed by atoms with Gasteiger partial charge in [-0.1, -0.05) is 44.9 Å². The van der Waals surface area contributed by atoms with Crippen molar-refractivity contribution in [2.24, 2.45) is 11.8 Å². The minimum absolute atomic E-state index is 0.00357. The number of oxazole rings is 1. The molecule has 0 radical (unpaired) electrons. The number of amides is 1. The van der Waals surface area contributed by atoms with Gasteiger partial charge in [-0.2, -0.15) is 0 Å². The predicted octanol–water partition coefficient (Wildman–Crippen LogP) is 4.15. The van der Waals surface area contributed by atoms with E-state index in [-0.39, 0.29) is 23.5 Å². The van der Waals surface area contributed by atoms with Gasteiger partial charge in [0.2, 0.25) is 11.8 Å². The fraction of sp³-hybridized carbons (Fsp3) is 0.545.